The highest BCUT2D eigenvalue weighted by Crippen LogP contribution is 2.22. The fourth-order valence-electron chi connectivity index (χ4n) is 2.51. The zero-order chi connectivity index (χ0) is 17.9. The molecule has 7 heteroatoms. The molecule has 0 spiro atoms. The number of methoxy groups -OCH3 is 1. The second-order valence-corrected chi connectivity index (χ2v) is 5.59. The summed E-state index contributed by atoms with van der Waals surface area (Å²) >= 11 is 0. The van der Waals surface area contributed by atoms with Crippen LogP contribution in [0.4, 0.5) is 10.3 Å². The van der Waals surface area contributed by atoms with Crippen molar-refractivity contribution < 1.29 is 13.9 Å². The molecule has 0 radical (unpaired) electrons. The van der Waals surface area contributed by atoms with Crippen molar-refractivity contribution in [3.8, 4) is 5.75 Å². The van der Waals surface area contributed by atoms with Gasteiger partial charge >= 0.3 is 0 Å². The van der Waals surface area contributed by atoms with Gasteiger partial charge in [0, 0.05) is 17.0 Å². The van der Waals surface area contributed by atoms with E-state index in [1.807, 2.05) is 0 Å². The molecule has 1 aromatic heterocycles. The summed E-state index contributed by atoms with van der Waals surface area (Å²) in [6.07, 6.45) is 0.140. The van der Waals surface area contributed by atoms with E-state index in [9.17, 15) is 9.18 Å². The third-order valence-corrected chi connectivity index (χ3v) is 3.83. The lowest BCUT2D eigenvalue weighted by atomic mass is 10.1. The van der Waals surface area contributed by atoms with Crippen molar-refractivity contribution in [1.82, 2.24) is 15.3 Å². The maximum absolute atomic E-state index is 13.8. The molecule has 0 bridgehead atoms. The first-order valence-corrected chi connectivity index (χ1v) is 7.54. The van der Waals surface area contributed by atoms with Gasteiger partial charge in [0.25, 0.3) is 0 Å². The number of nitrogens with one attached hydrogen (secondary N) is 1. The second kappa shape index (κ2) is 7.25. The lowest BCUT2D eigenvalue weighted by Gasteiger charge is -2.16. The van der Waals surface area contributed by atoms with Crippen molar-refractivity contribution in [3.63, 3.8) is 0 Å². The number of rotatable bonds is 5. The molecule has 2 aromatic rings. The maximum atomic E-state index is 13.8. The smallest absolute Gasteiger partial charge is 0.225 e. The average molecular weight is 332 g/mol. The van der Waals surface area contributed by atoms with Crippen LogP contribution in [0.25, 0.3) is 0 Å². The normalized spacial score (nSPS) is 11.9. The van der Waals surface area contributed by atoms with Crippen molar-refractivity contribution in [2.45, 2.75) is 33.2 Å². The monoisotopic (exact) mass is 332 g/mol. The van der Waals surface area contributed by atoms with Crippen molar-refractivity contribution in [1.29, 1.82) is 0 Å². The minimum Gasteiger partial charge on any atom is -0.494 e. The molecule has 1 aromatic carbocycles. The molecule has 0 fully saturated rings. The van der Waals surface area contributed by atoms with E-state index in [2.05, 4.69) is 15.3 Å². The van der Waals surface area contributed by atoms with Gasteiger partial charge in [0.2, 0.25) is 11.9 Å². The van der Waals surface area contributed by atoms with Gasteiger partial charge in [-0.05, 0) is 38.5 Å². The second-order valence-electron chi connectivity index (χ2n) is 5.59. The van der Waals surface area contributed by atoms with Gasteiger partial charge in [0.1, 0.15) is 0 Å². The first-order valence-electron chi connectivity index (χ1n) is 7.54. The van der Waals surface area contributed by atoms with Gasteiger partial charge in [0.05, 0.1) is 19.6 Å². The number of halogens is 1. The maximum Gasteiger partial charge on any atom is 0.225 e. The minimum absolute atomic E-state index is 0.140. The van der Waals surface area contributed by atoms with E-state index in [1.54, 1.807) is 26.8 Å². The average Bonchev–Trinajstić information content (AvgIpc) is 2.50. The Morgan fingerprint density at radius 1 is 1.33 bits per heavy atom. The Kier molecular flexibility index (Phi) is 5.33. The van der Waals surface area contributed by atoms with E-state index < -0.39 is 5.82 Å². The van der Waals surface area contributed by atoms with Gasteiger partial charge in [-0.3, -0.25) is 4.79 Å². The minimum atomic E-state index is -0.463. The number of amides is 1. The fourth-order valence-corrected chi connectivity index (χ4v) is 2.51. The number of nitrogens with two attached hydrogens (primary N) is 1. The highest BCUT2D eigenvalue weighted by atomic mass is 19.1. The number of carbonyl (C=O) groups excluding carboxylic acids is 1. The van der Waals surface area contributed by atoms with Gasteiger partial charge < -0.3 is 15.8 Å². The fraction of sp³-hybridized carbons (Fsp3) is 0.353. The molecule has 1 heterocycles. The SMILES string of the molecule is COc1ccc(C(C)NC(=O)Cc2c(C)nc(N)nc2C)cc1F. The number of carbonyl (C=O) groups is 1. The van der Waals surface area contributed by atoms with Crippen LogP contribution in [0.15, 0.2) is 18.2 Å². The molecular formula is C17H21FN4O2. The summed E-state index contributed by atoms with van der Waals surface area (Å²) in [6, 6.07) is 4.27. The molecule has 3 N–H and O–H groups in total. The number of benzene rings is 1. The Balaban J connectivity index is 2.08. The van der Waals surface area contributed by atoms with Crippen LogP contribution >= 0.6 is 0 Å². The van der Waals surface area contributed by atoms with Gasteiger partial charge in [0.15, 0.2) is 11.6 Å². The molecule has 0 saturated heterocycles. The predicted molar refractivity (Wildman–Crippen MR) is 89.1 cm³/mol. The summed E-state index contributed by atoms with van der Waals surface area (Å²) in [5.41, 5.74) is 8.34. The molecule has 2 rings (SSSR count). The van der Waals surface area contributed by atoms with Gasteiger partial charge in [-0.1, -0.05) is 6.07 Å². The molecule has 128 valence electrons. The van der Waals surface area contributed by atoms with Gasteiger partial charge in [-0.15, -0.1) is 0 Å². The first kappa shape index (κ1) is 17.7. The van der Waals surface area contributed by atoms with E-state index in [0.29, 0.717) is 17.0 Å². The van der Waals surface area contributed by atoms with Gasteiger partial charge in [-0.25, -0.2) is 14.4 Å². The Morgan fingerprint density at radius 2 is 1.96 bits per heavy atom. The van der Waals surface area contributed by atoms with Crippen molar-refractivity contribution >= 4 is 11.9 Å². The van der Waals surface area contributed by atoms with Crippen LogP contribution in [0.2, 0.25) is 0 Å². The molecule has 0 aliphatic rings. The van der Waals surface area contributed by atoms with Crippen LogP contribution in [0, 0.1) is 19.7 Å². The lowest BCUT2D eigenvalue weighted by molar-refractivity contribution is -0.121. The quantitative estimate of drug-likeness (QED) is 0.876. The largest absolute Gasteiger partial charge is 0.494 e. The molecule has 1 unspecified atom stereocenters. The number of nitrogen functional groups attached to an aromatic ring is 1. The topological polar surface area (TPSA) is 90.1 Å². The highest BCUT2D eigenvalue weighted by Gasteiger charge is 2.15. The molecule has 1 amide bonds. The summed E-state index contributed by atoms with van der Waals surface area (Å²) in [5.74, 6) is -0.299. The van der Waals surface area contributed by atoms with Crippen LogP contribution in [0.5, 0.6) is 5.75 Å². The number of aryl methyl sites for hydroxylation is 2. The first-order chi connectivity index (χ1) is 11.3. The van der Waals surface area contributed by atoms with Crippen LogP contribution in [0.1, 0.15) is 35.5 Å². The zero-order valence-corrected chi connectivity index (χ0v) is 14.2. The molecule has 6 nitrogen and oxygen atoms in total. The molecular weight excluding hydrogens is 311 g/mol. The number of hydrogen-bond acceptors (Lipinski definition) is 5. The Morgan fingerprint density at radius 3 is 2.50 bits per heavy atom. The van der Waals surface area contributed by atoms with E-state index in [0.717, 1.165) is 5.56 Å². The summed E-state index contributed by atoms with van der Waals surface area (Å²) < 4.78 is 18.7. The molecule has 24 heavy (non-hydrogen) atoms. The summed E-state index contributed by atoms with van der Waals surface area (Å²) in [5, 5.41) is 2.85. The Labute approximate surface area is 140 Å². The van der Waals surface area contributed by atoms with Gasteiger partial charge in [-0.2, -0.15) is 0 Å². The lowest BCUT2D eigenvalue weighted by Crippen LogP contribution is -2.29. The summed E-state index contributed by atoms with van der Waals surface area (Å²) in [4.78, 5) is 20.4. The molecule has 0 aliphatic carbocycles. The zero-order valence-electron chi connectivity index (χ0n) is 14.2. The van der Waals surface area contributed by atoms with E-state index >= 15 is 0 Å². The van der Waals surface area contributed by atoms with Crippen molar-refractivity contribution in [2.75, 3.05) is 12.8 Å². The highest BCUT2D eigenvalue weighted by molar-refractivity contribution is 5.79. The number of aromatic nitrogens is 2. The summed E-state index contributed by atoms with van der Waals surface area (Å²) in [7, 11) is 1.41. The Bertz CT molecular complexity index is 741. The Hall–Kier alpha value is -2.70. The van der Waals surface area contributed by atoms with Crippen molar-refractivity contribution in [3.05, 3.63) is 46.5 Å². The molecule has 0 aliphatic heterocycles. The van der Waals surface area contributed by atoms with Crippen LogP contribution in [-0.2, 0) is 11.2 Å². The van der Waals surface area contributed by atoms with Crippen LogP contribution in [0.3, 0.4) is 0 Å². The van der Waals surface area contributed by atoms with E-state index in [4.69, 9.17) is 10.5 Å². The van der Waals surface area contributed by atoms with E-state index in [-0.39, 0.29) is 30.1 Å². The molecule has 0 saturated carbocycles. The standard InChI is InChI=1S/C17H21FN4O2/c1-9(12-5-6-15(24-4)14(18)7-12)20-16(23)8-13-10(2)21-17(19)22-11(13)3/h5-7,9H,8H2,1-4H3,(H,20,23)(H2,19,21,22). The molecule has 1 atom stereocenters. The third-order valence-electron chi connectivity index (χ3n) is 3.83. The van der Waals surface area contributed by atoms with Crippen LogP contribution < -0.4 is 15.8 Å². The number of ether oxygens (including phenoxy) is 1. The number of nitrogens with zero attached hydrogens (tertiary/aromatic N) is 2. The third kappa shape index (κ3) is 3.98. The number of anilines is 1. The van der Waals surface area contributed by atoms with E-state index in [1.165, 1.54) is 19.2 Å². The predicted octanol–water partition coefficient (Wildman–Crippen LogP) is 2.24. The van der Waals surface area contributed by atoms with Crippen LogP contribution in [-0.4, -0.2) is 23.0 Å². The summed E-state index contributed by atoms with van der Waals surface area (Å²) in [6.45, 7) is 5.37. The number of hydrogen-bond donors (Lipinski definition) is 2. The van der Waals surface area contributed by atoms with Crippen molar-refractivity contribution in [2.24, 2.45) is 0 Å².